The van der Waals surface area contributed by atoms with Gasteiger partial charge in [-0.05, 0) is 55.4 Å². The fourth-order valence-corrected chi connectivity index (χ4v) is 5.02. The molecule has 0 aromatic heterocycles. The van der Waals surface area contributed by atoms with Gasteiger partial charge in [-0.15, -0.1) is 0 Å². The molecule has 1 heterocycles. The predicted octanol–water partition coefficient (Wildman–Crippen LogP) is 3.46. The van der Waals surface area contributed by atoms with Crippen molar-refractivity contribution in [3.8, 4) is 0 Å². The van der Waals surface area contributed by atoms with Gasteiger partial charge in [0.25, 0.3) is 0 Å². The molecule has 0 spiro atoms. The Hall–Kier alpha value is -4.81. The molecule has 4 amide bonds. The number of halogens is 2. The fourth-order valence-electron chi connectivity index (χ4n) is 5.02. The maximum Gasteiger partial charge on any atom is 0.408 e. The average Bonchev–Trinajstić information content (AvgIpc) is 3.44. The zero-order valence-corrected chi connectivity index (χ0v) is 26.7. The van der Waals surface area contributed by atoms with Crippen molar-refractivity contribution in [2.75, 3.05) is 13.2 Å². The highest BCUT2D eigenvalue weighted by atomic mass is 19.2. The van der Waals surface area contributed by atoms with Crippen LogP contribution in [0.3, 0.4) is 0 Å². The predicted molar refractivity (Wildman–Crippen MR) is 168 cm³/mol. The fraction of sp³-hybridized carbons (Fsp3) is 0.441. The van der Waals surface area contributed by atoms with Gasteiger partial charge in [0.2, 0.25) is 17.7 Å². The number of esters is 1. The van der Waals surface area contributed by atoms with E-state index in [4.69, 9.17) is 9.47 Å². The minimum Gasteiger partial charge on any atom is -0.463 e. The third kappa shape index (κ3) is 12.5. The molecule has 0 aliphatic carbocycles. The van der Waals surface area contributed by atoms with Gasteiger partial charge in [0.15, 0.2) is 11.6 Å². The minimum atomic E-state index is -1.33. The summed E-state index contributed by atoms with van der Waals surface area (Å²) in [5, 5.41) is 10.7. The summed E-state index contributed by atoms with van der Waals surface area (Å²) in [6.45, 7) is 5.94. The first kappa shape index (κ1) is 36.7. The third-order valence-corrected chi connectivity index (χ3v) is 7.37. The number of hydrogen-bond acceptors (Lipinski definition) is 7. The lowest BCUT2D eigenvalue weighted by molar-refractivity contribution is -0.137. The highest BCUT2D eigenvalue weighted by Crippen LogP contribution is 2.18. The van der Waals surface area contributed by atoms with Gasteiger partial charge < -0.3 is 30.7 Å². The molecule has 254 valence electrons. The summed E-state index contributed by atoms with van der Waals surface area (Å²) in [5.74, 6) is -4.76. The van der Waals surface area contributed by atoms with Gasteiger partial charge in [-0.1, -0.05) is 56.3 Å². The van der Waals surface area contributed by atoms with Crippen molar-refractivity contribution >= 4 is 29.8 Å². The van der Waals surface area contributed by atoms with Gasteiger partial charge in [0.1, 0.15) is 18.7 Å². The van der Waals surface area contributed by atoms with E-state index in [0.717, 1.165) is 12.1 Å². The Morgan fingerprint density at radius 1 is 0.936 bits per heavy atom. The van der Waals surface area contributed by atoms with Crippen LogP contribution in [0.5, 0.6) is 0 Å². The summed E-state index contributed by atoms with van der Waals surface area (Å²) in [7, 11) is 0. The lowest BCUT2D eigenvalue weighted by Gasteiger charge is -2.26. The molecule has 11 nitrogen and oxygen atoms in total. The SMILES string of the molecule is CCOC(=O)C=C[C@H](C[C@@H]1CCNC1=O)NC(=O)[C@H](CC(C)C)NC(=O)[C@H](Cc1ccc(F)c(F)c1)NC(=O)OCc1ccccc1. The monoisotopic (exact) mass is 656 g/mol. The summed E-state index contributed by atoms with van der Waals surface area (Å²) in [5.41, 5.74) is 0.927. The number of rotatable bonds is 16. The quantitative estimate of drug-likeness (QED) is 0.160. The first-order chi connectivity index (χ1) is 22.4. The number of nitrogens with one attached hydrogen (secondary N) is 4. The Labute approximate surface area is 272 Å². The minimum absolute atomic E-state index is 0.0615. The van der Waals surface area contributed by atoms with Gasteiger partial charge in [-0.2, -0.15) is 0 Å². The van der Waals surface area contributed by atoms with Crippen LogP contribution in [-0.2, 0) is 41.7 Å². The first-order valence-corrected chi connectivity index (χ1v) is 15.6. The number of hydrogen-bond donors (Lipinski definition) is 4. The molecule has 13 heteroatoms. The molecule has 1 fully saturated rings. The van der Waals surface area contributed by atoms with Crippen LogP contribution in [-0.4, -0.2) is 61.1 Å². The molecule has 0 saturated carbocycles. The Morgan fingerprint density at radius 2 is 1.66 bits per heavy atom. The molecule has 0 bridgehead atoms. The number of amides is 4. The number of ether oxygens (including phenoxy) is 2. The molecule has 1 aliphatic heterocycles. The van der Waals surface area contributed by atoms with Gasteiger partial charge in [0.05, 0.1) is 6.61 Å². The Morgan fingerprint density at radius 3 is 2.30 bits per heavy atom. The standard InChI is InChI=1S/C34H42F2N4O7/c1-4-46-30(41)13-11-25(19-24-14-15-37-31(24)42)38-32(43)28(16-21(2)3)39-33(44)29(18-23-10-12-26(35)27(36)17-23)40-34(45)47-20-22-8-6-5-7-9-22/h5-13,17,21,24-25,28-29H,4,14-16,18-20H2,1-3H3,(H,37,42)(H,38,43)(H,39,44)(H,40,45)/t24-,25+,28-,29-/m0/s1. The van der Waals surface area contributed by atoms with E-state index >= 15 is 0 Å². The molecular weight excluding hydrogens is 614 g/mol. The van der Waals surface area contributed by atoms with Gasteiger partial charge in [0, 0.05) is 31.0 Å². The van der Waals surface area contributed by atoms with Crippen molar-refractivity contribution in [2.45, 2.75) is 71.2 Å². The average molecular weight is 657 g/mol. The van der Waals surface area contributed by atoms with E-state index in [-0.39, 0.29) is 49.9 Å². The molecule has 4 atom stereocenters. The van der Waals surface area contributed by atoms with Crippen LogP contribution in [0.25, 0.3) is 0 Å². The summed E-state index contributed by atoms with van der Waals surface area (Å²) in [4.78, 5) is 64.3. The van der Waals surface area contributed by atoms with E-state index in [0.29, 0.717) is 18.5 Å². The first-order valence-electron chi connectivity index (χ1n) is 15.6. The second-order valence-corrected chi connectivity index (χ2v) is 11.6. The maximum atomic E-state index is 14.0. The van der Waals surface area contributed by atoms with E-state index in [1.54, 1.807) is 37.3 Å². The summed E-state index contributed by atoms with van der Waals surface area (Å²) in [6, 6.07) is 8.82. The third-order valence-electron chi connectivity index (χ3n) is 7.37. The topological polar surface area (TPSA) is 152 Å². The van der Waals surface area contributed by atoms with Crippen LogP contribution in [0.2, 0.25) is 0 Å². The van der Waals surface area contributed by atoms with Crippen molar-refractivity contribution in [1.29, 1.82) is 0 Å². The normalized spacial score (nSPS) is 16.2. The zero-order valence-electron chi connectivity index (χ0n) is 26.7. The van der Waals surface area contributed by atoms with Crippen LogP contribution in [0.15, 0.2) is 60.7 Å². The van der Waals surface area contributed by atoms with Crippen LogP contribution in [0.4, 0.5) is 13.6 Å². The van der Waals surface area contributed by atoms with E-state index < -0.39 is 59.6 Å². The largest absolute Gasteiger partial charge is 0.463 e. The lowest BCUT2D eigenvalue weighted by atomic mass is 9.96. The number of carbonyl (C=O) groups excluding carboxylic acids is 5. The number of carbonyl (C=O) groups is 5. The molecular formula is C34H42F2N4O7. The molecule has 0 unspecified atom stereocenters. The van der Waals surface area contributed by atoms with Crippen LogP contribution in [0.1, 0.15) is 51.2 Å². The molecule has 1 aliphatic rings. The second-order valence-electron chi connectivity index (χ2n) is 11.6. The van der Waals surface area contributed by atoms with Gasteiger partial charge in [-0.25, -0.2) is 18.4 Å². The van der Waals surface area contributed by atoms with E-state index in [1.165, 1.54) is 18.2 Å². The molecule has 2 aromatic rings. The Kier molecular flexibility index (Phi) is 14.3. The van der Waals surface area contributed by atoms with Gasteiger partial charge in [-0.3, -0.25) is 14.4 Å². The van der Waals surface area contributed by atoms with Crippen molar-refractivity contribution in [3.05, 3.63) is 83.4 Å². The summed E-state index contributed by atoms with van der Waals surface area (Å²) >= 11 is 0. The van der Waals surface area contributed by atoms with Crippen LogP contribution >= 0.6 is 0 Å². The Bertz CT molecular complexity index is 1420. The molecule has 4 N–H and O–H groups in total. The van der Waals surface area contributed by atoms with Crippen molar-refractivity contribution in [3.63, 3.8) is 0 Å². The smallest absolute Gasteiger partial charge is 0.408 e. The van der Waals surface area contributed by atoms with E-state index in [2.05, 4.69) is 21.3 Å². The highest BCUT2D eigenvalue weighted by Gasteiger charge is 2.31. The maximum absolute atomic E-state index is 14.0. The molecule has 47 heavy (non-hydrogen) atoms. The van der Waals surface area contributed by atoms with Crippen molar-refractivity contribution in [2.24, 2.45) is 11.8 Å². The Balaban J connectivity index is 1.79. The lowest BCUT2D eigenvalue weighted by Crippen LogP contribution is -2.55. The summed E-state index contributed by atoms with van der Waals surface area (Å²) in [6.07, 6.45) is 2.44. The van der Waals surface area contributed by atoms with E-state index in [9.17, 15) is 32.8 Å². The molecule has 0 radical (unpaired) electrons. The number of benzene rings is 2. The molecule has 3 rings (SSSR count). The van der Waals surface area contributed by atoms with Crippen LogP contribution in [0, 0.1) is 23.5 Å². The number of alkyl carbamates (subject to hydrolysis) is 1. The van der Waals surface area contributed by atoms with E-state index in [1.807, 2.05) is 13.8 Å². The summed E-state index contributed by atoms with van der Waals surface area (Å²) < 4.78 is 37.8. The zero-order chi connectivity index (χ0) is 34.3. The molecule has 2 aromatic carbocycles. The van der Waals surface area contributed by atoms with Crippen molar-refractivity contribution < 1.29 is 42.2 Å². The van der Waals surface area contributed by atoms with Gasteiger partial charge >= 0.3 is 12.1 Å². The highest BCUT2D eigenvalue weighted by molar-refractivity contribution is 5.92. The van der Waals surface area contributed by atoms with Crippen molar-refractivity contribution in [1.82, 2.24) is 21.3 Å². The van der Waals surface area contributed by atoms with Crippen LogP contribution < -0.4 is 21.3 Å². The molecule has 1 saturated heterocycles. The second kappa shape index (κ2) is 18.4.